The molecule has 0 bridgehead atoms. The van der Waals surface area contributed by atoms with E-state index in [0.29, 0.717) is 16.9 Å². The third kappa shape index (κ3) is 3.66. The Morgan fingerprint density at radius 3 is 2.47 bits per heavy atom. The second-order valence-corrected chi connectivity index (χ2v) is 9.99. The van der Waals surface area contributed by atoms with Gasteiger partial charge in [0.2, 0.25) is 11.8 Å². The molecule has 0 aliphatic carbocycles. The Morgan fingerprint density at radius 1 is 1.03 bits per heavy atom. The number of sulfone groups is 1. The Morgan fingerprint density at radius 2 is 1.75 bits per heavy atom. The average molecular weight is 454 g/mol. The summed E-state index contributed by atoms with van der Waals surface area (Å²) in [6.07, 6.45) is 0.0475. The van der Waals surface area contributed by atoms with Crippen molar-refractivity contribution in [3.05, 3.63) is 71.7 Å². The predicted molar refractivity (Wildman–Crippen MR) is 115 cm³/mol. The zero-order chi connectivity index (χ0) is 22.5. The summed E-state index contributed by atoms with van der Waals surface area (Å²) in [6, 6.07) is 14.6. The van der Waals surface area contributed by atoms with Crippen molar-refractivity contribution < 1.29 is 22.4 Å². The number of benzene rings is 2. The fourth-order valence-electron chi connectivity index (χ4n) is 4.10. The Balaban J connectivity index is 1.44. The van der Waals surface area contributed by atoms with Gasteiger partial charge < -0.3 is 10.2 Å². The number of hydrogen-bond acceptors (Lipinski definition) is 5. The summed E-state index contributed by atoms with van der Waals surface area (Å²) in [5, 5.41) is 7.17. The molecule has 10 heteroatoms. The highest BCUT2D eigenvalue weighted by Crippen LogP contribution is 2.34. The van der Waals surface area contributed by atoms with Crippen LogP contribution in [0.4, 0.5) is 15.9 Å². The minimum Gasteiger partial charge on any atom is -0.312 e. The average Bonchev–Trinajstić information content (AvgIpc) is 3.40. The lowest BCUT2D eigenvalue weighted by molar-refractivity contribution is -0.122. The molecule has 164 valence electrons. The van der Waals surface area contributed by atoms with Crippen molar-refractivity contribution in [2.75, 3.05) is 16.8 Å². The normalized spacial score (nSPS) is 19.2. The van der Waals surface area contributed by atoms with Gasteiger partial charge in [0, 0.05) is 24.2 Å². The molecule has 1 N–H and O–H groups in total. The lowest BCUT2D eigenvalue weighted by atomic mass is 10.1. The second-order valence-electron chi connectivity index (χ2n) is 7.92. The second kappa shape index (κ2) is 7.56. The molecule has 1 aromatic heterocycles. The molecule has 1 fully saturated rings. The van der Waals surface area contributed by atoms with Crippen molar-refractivity contribution >= 4 is 33.2 Å². The monoisotopic (exact) mass is 454 g/mol. The first-order valence-corrected chi connectivity index (χ1v) is 11.9. The quantitative estimate of drug-likeness (QED) is 0.653. The first kappa shape index (κ1) is 20.4. The zero-order valence-electron chi connectivity index (χ0n) is 16.9. The number of fused-ring (bicyclic) bond motifs is 1. The molecule has 1 saturated heterocycles. The van der Waals surface area contributed by atoms with Crippen LogP contribution in [0.15, 0.2) is 54.6 Å². The number of carbonyl (C=O) groups is 2. The molecule has 2 aromatic carbocycles. The molecule has 0 spiro atoms. The first-order valence-electron chi connectivity index (χ1n) is 10.0. The van der Waals surface area contributed by atoms with Gasteiger partial charge in [0.1, 0.15) is 11.6 Å². The smallest absolute Gasteiger partial charge is 0.230 e. The lowest BCUT2D eigenvalue weighted by Gasteiger charge is -2.17. The summed E-state index contributed by atoms with van der Waals surface area (Å²) in [4.78, 5) is 27.2. The Bertz CT molecular complexity index is 1320. The summed E-state index contributed by atoms with van der Waals surface area (Å²) in [5.41, 5.74) is 1.99. The molecule has 2 amide bonds. The number of amides is 2. The molecular formula is C22H19FN4O4S. The van der Waals surface area contributed by atoms with Crippen LogP contribution in [0.25, 0.3) is 5.69 Å². The van der Waals surface area contributed by atoms with Crippen LogP contribution < -0.4 is 10.2 Å². The molecule has 5 rings (SSSR count). The molecule has 2 aliphatic rings. The van der Waals surface area contributed by atoms with E-state index in [2.05, 4.69) is 10.4 Å². The molecule has 0 unspecified atom stereocenters. The summed E-state index contributed by atoms with van der Waals surface area (Å²) in [6.45, 7) is 0.222. The van der Waals surface area contributed by atoms with Gasteiger partial charge in [-0.2, -0.15) is 5.10 Å². The first-order chi connectivity index (χ1) is 15.3. The maximum Gasteiger partial charge on any atom is 0.230 e. The minimum absolute atomic E-state index is 0.0475. The Labute approximate surface area is 183 Å². The molecule has 32 heavy (non-hydrogen) atoms. The third-order valence-corrected chi connectivity index (χ3v) is 7.11. The van der Waals surface area contributed by atoms with Crippen LogP contribution in [0.1, 0.15) is 17.7 Å². The number of anilines is 2. The molecule has 3 aromatic rings. The number of para-hydroxylation sites is 1. The number of nitrogens with one attached hydrogen (secondary N) is 1. The molecule has 0 saturated carbocycles. The van der Waals surface area contributed by atoms with E-state index in [0.717, 1.165) is 5.69 Å². The van der Waals surface area contributed by atoms with Crippen molar-refractivity contribution in [2.24, 2.45) is 5.92 Å². The number of hydrogen-bond donors (Lipinski definition) is 1. The number of carbonyl (C=O) groups excluding carboxylic acids is 2. The summed E-state index contributed by atoms with van der Waals surface area (Å²) >= 11 is 0. The Hall–Kier alpha value is -3.53. The van der Waals surface area contributed by atoms with Gasteiger partial charge in [0.15, 0.2) is 9.84 Å². The number of nitrogens with zero attached hydrogens (tertiary/aromatic N) is 3. The summed E-state index contributed by atoms with van der Waals surface area (Å²) in [7, 11) is -3.35. The molecule has 0 radical (unpaired) electrons. The maximum atomic E-state index is 13.4. The van der Waals surface area contributed by atoms with E-state index >= 15 is 0 Å². The van der Waals surface area contributed by atoms with E-state index in [-0.39, 0.29) is 36.2 Å². The van der Waals surface area contributed by atoms with E-state index in [1.165, 1.54) is 28.9 Å². The van der Waals surface area contributed by atoms with Crippen LogP contribution in [0.5, 0.6) is 0 Å². The van der Waals surface area contributed by atoms with Gasteiger partial charge >= 0.3 is 0 Å². The van der Waals surface area contributed by atoms with Crippen molar-refractivity contribution in [3.8, 4) is 5.69 Å². The van der Waals surface area contributed by atoms with Crippen LogP contribution in [-0.2, 0) is 30.9 Å². The van der Waals surface area contributed by atoms with E-state index in [1.807, 2.05) is 18.2 Å². The van der Waals surface area contributed by atoms with Crippen molar-refractivity contribution in [3.63, 3.8) is 0 Å². The van der Waals surface area contributed by atoms with Gasteiger partial charge in [-0.15, -0.1) is 0 Å². The summed E-state index contributed by atoms with van der Waals surface area (Å²) < 4.78 is 39.0. The Kier molecular flexibility index (Phi) is 4.81. The van der Waals surface area contributed by atoms with E-state index in [4.69, 9.17) is 0 Å². The fourth-order valence-corrected chi connectivity index (χ4v) is 5.59. The molecular weight excluding hydrogens is 435 g/mol. The lowest BCUT2D eigenvalue weighted by Crippen LogP contribution is -2.29. The van der Waals surface area contributed by atoms with Gasteiger partial charge in [-0.1, -0.05) is 18.2 Å². The van der Waals surface area contributed by atoms with Crippen LogP contribution in [0.2, 0.25) is 0 Å². The van der Waals surface area contributed by atoms with E-state index in [1.54, 1.807) is 17.0 Å². The predicted octanol–water partition coefficient (Wildman–Crippen LogP) is 2.43. The van der Waals surface area contributed by atoms with Gasteiger partial charge in [-0.05, 0) is 36.4 Å². The van der Waals surface area contributed by atoms with Crippen molar-refractivity contribution in [2.45, 2.75) is 17.9 Å². The standard InChI is InChI=1S/C22H19FN4O4S/c23-15-6-8-17(9-7-15)27-21(18-12-32(30,31)13-19(18)25-27)24-22(29)14-10-20(28)26(11-14)16-4-2-1-3-5-16/h1-9,14H,10-13H2,(H,24,29)/t14-/m1/s1. The van der Waals surface area contributed by atoms with Crippen molar-refractivity contribution in [1.82, 2.24) is 9.78 Å². The highest BCUT2D eigenvalue weighted by atomic mass is 32.2. The topological polar surface area (TPSA) is 101 Å². The number of halogens is 1. The van der Waals surface area contributed by atoms with Gasteiger partial charge in [0.25, 0.3) is 0 Å². The van der Waals surface area contributed by atoms with E-state index in [9.17, 15) is 22.4 Å². The highest BCUT2D eigenvalue weighted by Gasteiger charge is 2.38. The molecule has 3 heterocycles. The molecule has 2 aliphatic heterocycles. The number of aromatic nitrogens is 2. The highest BCUT2D eigenvalue weighted by molar-refractivity contribution is 7.90. The zero-order valence-corrected chi connectivity index (χ0v) is 17.7. The molecule has 1 atom stereocenters. The van der Waals surface area contributed by atoms with Crippen molar-refractivity contribution in [1.29, 1.82) is 0 Å². The molecule has 8 nitrogen and oxygen atoms in total. The number of rotatable bonds is 4. The minimum atomic E-state index is -3.35. The van der Waals surface area contributed by atoms with Crippen LogP contribution >= 0.6 is 0 Å². The van der Waals surface area contributed by atoms with Crippen LogP contribution in [0.3, 0.4) is 0 Å². The maximum absolute atomic E-state index is 13.4. The van der Waals surface area contributed by atoms with Crippen LogP contribution in [0, 0.1) is 11.7 Å². The van der Waals surface area contributed by atoms with Gasteiger partial charge in [-0.3, -0.25) is 9.59 Å². The van der Waals surface area contributed by atoms with E-state index < -0.39 is 27.5 Å². The van der Waals surface area contributed by atoms with Crippen LogP contribution in [-0.4, -0.2) is 36.6 Å². The fraction of sp³-hybridized carbons (Fsp3) is 0.227. The van der Waals surface area contributed by atoms with Gasteiger partial charge in [-0.25, -0.2) is 17.5 Å². The summed E-state index contributed by atoms with van der Waals surface area (Å²) in [5.74, 6) is -1.80. The van der Waals surface area contributed by atoms with Gasteiger partial charge in [0.05, 0.1) is 28.8 Å². The third-order valence-electron chi connectivity index (χ3n) is 5.66. The SMILES string of the molecule is O=C(Nc1c2c(nn1-c1ccc(F)cc1)CS(=O)(=O)C2)[C@@H]1CC(=O)N(c2ccccc2)C1. The largest absolute Gasteiger partial charge is 0.312 e.